The van der Waals surface area contributed by atoms with Crippen LogP contribution in [0.5, 0.6) is 5.75 Å². The van der Waals surface area contributed by atoms with Crippen LogP contribution in [0.1, 0.15) is 24.4 Å². The summed E-state index contributed by atoms with van der Waals surface area (Å²) in [5.41, 5.74) is 3.73. The van der Waals surface area contributed by atoms with E-state index in [2.05, 4.69) is 15.3 Å². The van der Waals surface area contributed by atoms with Crippen LogP contribution < -0.4 is 10.1 Å². The van der Waals surface area contributed by atoms with E-state index in [1.54, 1.807) is 24.5 Å². The van der Waals surface area contributed by atoms with Crippen molar-refractivity contribution in [2.45, 2.75) is 25.8 Å². The van der Waals surface area contributed by atoms with Gasteiger partial charge in [-0.3, -0.25) is 4.68 Å². The minimum atomic E-state index is -0.0622. The number of fused-ring (bicyclic) bond motifs is 1. The van der Waals surface area contributed by atoms with Gasteiger partial charge in [-0.25, -0.2) is 19.5 Å². The summed E-state index contributed by atoms with van der Waals surface area (Å²) in [6.45, 7) is 2.19. The van der Waals surface area contributed by atoms with E-state index >= 15 is 0 Å². The summed E-state index contributed by atoms with van der Waals surface area (Å²) < 4.78 is 11.3. The van der Waals surface area contributed by atoms with Crippen molar-refractivity contribution in [2.75, 3.05) is 18.5 Å². The van der Waals surface area contributed by atoms with Gasteiger partial charge in [0.2, 0.25) is 5.82 Å². The topological polar surface area (TPSA) is 120 Å². The second-order valence-corrected chi connectivity index (χ2v) is 8.59. The van der Waals surface area contributed by atoms with Crippen molar-refractivity contribution in [3.05, 3.63) is 54.7 Å². The van der Waals surface area contributed by atoms with Gasteiger partial charge in [0.05, 0.1) is 18.3 Å². The van der Waals surface area contributed by atoms with Crippen molar-refractivity contribution < 1.29 is 9.84 Å². The zero-order valence-electron chi connectivity index (χ0n) is 19.5. The molecule has 0 saturated heterocycles. The van der Waals surface area contributed by atoms with Gasteiger partial charge in [0.1, 0.15) is 23.7 Å². The van der Waals surface area contributed by atoms with Gasteiger partial charge < -0.3 is 19.7 Å². The molecule has 0 radical (unpaired) electrons. The number of hydrogen-bond donors (Lipinski definition) is 2. The molecule has 178 valence electrons. The molecule has 0 aromatic carbocycles. The van der Waals surface area contributed by atoms with Crippen LogP contribution in [0, 0.1) is 6.92 Å². The molecule has 5 aromatic rings. The van der Waals surface area contributed by atoms with Crippen molar-refractivity contribution in [2.24, 2.45) is 7.05 Å². The third-order valence-electron chi connectivity index (χ3n) is 6.05. The first-order valence-electron chi connectivity index (χ1n) is 11.5. The lowest BCUT2D eigenvalue weighted by Crippen LogP contribution is -2.07. The minimum absolute atomic E-state index is 0.0622. The monoisotopic (exact) mass is 471 g/mol. The second kappa shape index (κ2) is 8.51. The van der Waals surface area contributed by atoms with Crippen LogP contribution in [0.2, 0.25) is 0 Å². The molecule has 1 aliphatic rings. The Morgan fingerprint density at radius 1 is 1.14 bits per heavy atom. The highest BCUT2D eigenvalue weighted by Gasteiger charge is 2.25. The molecule has 0 atom stereocenters. The van der Waals surface area contributed by atoms with Gasteiger partial charge in [-0.05, 0) is 37.5 Å². The van der Waals surface area contributed by atoms with Crippen LogP contribution in [0.3, 0.4) is 0 Å². The Morgan fingerprint density at radius 2 is 2.03 bits per heavy atom. The van der Waals surface area contributed by atoms with E-state index in [1.807, 2.05) is 52.4 Å². The van der Waals surface area contributed by atoms with Crippen LogP contribution in [-0.2, 0) is 7.05 Å². The number of aryl methyl sites for hydroxylation is 2. The second-order valence-electron chi connectivity index (χ2n) is 8.59. The summed E-state index contributed by atoms with van der Waals surface area (Å²) in [5.74, 6) is 2.88. The number of ether oxygens (including phenoxy) is 1. The van der Waals surface area contributed by atoms with E-state index in [1.165, 1.54) is 12.8 Å². The quantitative estimate of drug-likeness (QED) is 0.354. The highest BCUT2D eigenvalue weighted by molar-refractivity contribution is 5.84. The summed E-state index contributed by atoms with van der Waals surface area (Å²) in [6.07, 6.45) is 11.6. The Kier molecular flexibility index (Phi) is 5.18. The minimum Gasteiger partial charge on any atom is -0.491 e. The highest BCUT2D eigenvalue weighted by atomic mass is 16.5. The van der Waals surface area contributed by atoms with E-state index < -0.39 is 0 Å². The van der Waals surface area contributed by atoms with Crippen LogP contribution in [0.25, 0.3) is 28.4 Å². The molecule has 0 spiro atoms. The molecule has 5 heterocycles. The number of nitrogens with one attached hydrogen (secondary N) is 1. The number of anilines is 2. The first-order valence-corrected chi connectivity index (χ1v) is 11.5. The fourth-order valence-electron chi connectivity index (χ4n) is 4.13. The van der Waals surface area contributed by atoms with Gasteiger partial charge in [-0.15, -0.1) is 5.10 Å². The van der Waals surface area contributed by atoms with Gasteiger partial charge in [0.15, 0.2) is 11.6 Å². The number of hydrogen-bond acceptors (Lipinski definition) is 8. The molecule has 0 bridgehead atoms. The SMILES string of the molecule is Cc1c(-c2ccn(C3CC3)n2)cn2nc(-c3nccn3C)nc(Nc3cc(OCCO)ccn3)c12. The number of imidazole rings is 1. The number of pyridine rings is 1. The van der Waals surface area contributed by atoms with Crippen LogP contribution in [0.4, 0.5) is 11.6 Å². The van der Waals surface area contributed by atoms with Gasteiger partial charge in [-0.2, -0.15) is 5.10 Å². The lowest BCUT2D eigenvalue weighted by Gasteiger charge is -2.11. The van der Waals surface area contributed by atoms with Crippen LogP contribution in [-0.4, -0.2) is 57.2 Å². The smallest absolute Gasteiger partial charge is 0.218 e. The van der Waals surface area contributed by atoms with Crippen molar-refractivity contribution >= 4 is 17.2 Å². The molecule has 11 heteroatoms. The highest BCUT2D eigenvalue weighted by Crippen LogP contribution is 2.36. The van der Waals surface area contributed by atoms with Gasteiger partial charge in [0.25, 0.3) is 0 Å². The fourth-order valence-corrected chi connectivity index (χ4v) is 4.13. The number of aliphatic hydroxyl groups excluding tert-OH is 1. The lowest BCUT2D eigenvalue weighted by atomic mass is 10.1. The average molecular weight is 472 g/mol. The predicted molar refractivity (Wildman–Crippen MR) is 130 cm³/mol. The van der Waals surface area contributed by atoms with Gasteiger partial charge >= 0.3 is 0 Å². The molecule has 1 aliphatic carbocycles. The lowest BCUT2D eigenvalue weighted by molar-refractivity contribution is 0.201. The first kappa shape index (κ1) is 21.3. The molecular weight excluding hydrogens is 446 g/mol. The maximum Gasteiger partial charge on any atom is 0.218 e. The Bertz CT molecular complexity index is 1510. The number of nitrogens with zero attached hydrogens (tertiary/aromatic N) is 8. The average Bonchev–Trinajstić information content (AvgIpc) is 3.27. The first-order chi connectivity index (χ1) is 17.1. The van der Waals surface area contributed by atoms with Crippen molar-refractivity contribution in [1.82, 2.24) is 38.9 Å². The van der Waals surface area contributed by atoms with Crippen molar-refractivity contribution in [3.8, 4) is 28.7 Å². The summed E-state index contributed by atoms with van der Waals surface area (Å²) >= 11 is 0. The molecular formula is C24H25N9O2. The van der Waals surface area contributed by atoms with Gasteiger partial charge in [-0.1, -0.05) is 0 Å². The van der Waals surface area contributed by atoms with Crippen LogP contribution in [0.15, 0.2) is 49.2 Å². The summed E-state index contributed by atoms with van der Waals surface area (Å²) in [6, 6.07) is 6.07. The van der Waals surface area contributed by atoms with E-state index in [0.29, 0.717) is 35.1 Å². The Labute approximate surface area is 201 Å². The number of aliphatic hydroxyl groups is 1. The standard InChI is InChI=1S/C24H25N9O2/c1-15-18(19-6-9-32(29-19)16-3-4-16)14-33-21(15)22(28-23(30-33)24-26-8-10-31(24)2)27-20-13-17(5-7-25-20)35-12-11-34/h5-10,13-14,16,34H,3-4,11-12H2,1-2H3,(H,25,27,28,30). The molecule has 0 aliphatic heterocycles. The maximum absolute atomic E-state index is 9.07. The zero-order chi connectivity index (χ0) is 23.9. The fraction of sp³-hybridized carbons (Fsp3) is 0.292. The summed E-state index contributed by atoms with van der Waals surface area (Å²) in [4.78, 5) is 13.7. The molecule has 2 N–H and O–H groups in total. The normalized spacial score (nSPS) is 13.5. The molecule has 0 unspecified atom stereocenters. The summed E-state index contributed by atoms with van der Waals surface area (Å²) in [7, 11) is 1.91. The maximum atomic E-state index is 9.07. The molecule has 1 saturated carbocycles. The number of rotatable bonds is 8. The van der Waals surface area contributed by atoms with Crippen molar-refractivity contribution in [3.63, 3.8) is 0 Å². The molecule has 11 nitrogen and oxygen atoms in total. The van der Waals surface area contributed by atoms with E-state index in [4.69, 9.17) is 25.0 Å². The Balaban J connectivity index is 1.47. The zero-order valence-corrected chi connectivity index (χ0v) is 19.5. The third-order valence-corrected chi connectivity index (χ3v) is 6.05. The largest absolute Gasteiger partial charge is 0.491 e. The third kappa shape index (κ3) is 3.99. The van der Waals surface area contributed by atoms with E-state index in [9.17, 15) is 0 Å². The molecule has 0 amide bonds. The predicted octanol–water partition coefficient (Wildman–Crippen LogP) is 3.15. The molecule has 35 heavy (non-hydrogen) atoms. The Morgan fingerprint density at radius 3 is 2.80 bits per heavy atom. The van der Waals surface area contributed by atoms with Crippen LogP contribution >= 0.6 is 0 Å². The molecule has 5 aromatic heterocycles. The molecule has 1 fully saturated rings. The Hall–Kier alpha value is -4.25. The van der Waals surface area contributed by atoms with E-state index in [0.717, 1.165) is 22.3 Å². The van der Waals surface area contributed by atoms with Crippen molar-refractivity contribution in [1.29, 1.82) is 0 Å². The molecule has 6 rings (SSSR count). The number of aromatic nitrogens is 8. The summed E-state index contributed by atoms with van der Waals surface area (Å²) in [5, 5.41) is 22.0. The van der Waals surface area contributed by atoms with E-state index in [-0.39, 0.29) is 13.2 Å². The van der Waals surface area contributed by atoms with Gasteiger partial charge in [0, 0.05) is 49.7 Å².